The zero-order chi connectivity index (χ0) is 23.5. The number of aliphatic hydroxyl groups excluding tert-OH is 1. The highest BCUT2D eigenvalue weighted by Gasteiger charge is 2.46. The molecule has 0 spiro atoms. The van der Waals surface area contributed by atoms with E-state index in [-0.39, 0.29) is 23.9 Å². The summed E-state index contributed by atoms with van der Waals surface area (Å²) in [6.07, 6.45) is 2.87. The fourth-order valence-corrected chi connectivity index (χ4v) is 4.43. The molecule has 0 fully saturated rings. The first-order chi connectivity index (χ1) is 16.0. The van der Waals surface area contributed by atoms with Crippen molar-refractivity contribution in [1.82, 2.24) is 9.80 Å². The molecule has 0 aliphatic carbocycles. The SMILES string of the molecule is CCN(CC)C(CN1C(=O)C(O)=C(C(=O)c2ccco2)C1c1ccco1)c1ccc(C)cc1. The minimum atomic E-state index is -0.853. The van der Waals surface area contributed by atoms with Crippen molar-refractivity contribution in [3.05, 3.63) is 95.0 Å². The van der Waals surface area contributed by atoms with Crippen molar-refractivity contribution < 1.29 is 23.5 Å². The van der Waals surface area contributed by atoms with Crippen molar-refractivity contribution >= 4 is 11.7 Å². The van der Waals surface area contributed by atoms with Crippen LogP contribution in [0.1, 0.15) is 53.4 Å². The Kier molecular flexibility index (Phi) is 6.51. The van der Waals surface area contributed by atoms with Crippen LogP contribution < -0.4 is 0 Å². The topological polar surface area (TPSA) is 87.1 Å². The van der Waals surface area contributed by atoms with Gasteiger partial charge in [0.1, 0.15) is 11.8 Å². The molecule has 0 saturated heterocycles. The van der Waals surface area contributed by atoms with Gasteiger partial charge in [0, 0.05) is 6.54 Å². The Balaban J connectivity index is 1.75. The number of nitrogens with zero attached hydrogens (tertiary/aromatic N) is 2. The minimum Gasteiger partial charge on any atom is -0.503 e. The van der Waals surface area contributed by atoms with Crippen LogP contribution in [0.3, 0.4) is 0 Å². The lowest BCUT2D eigenvalue weighted by Gasteiger charge is -2.35. The number of hydrogen-bond acceptors (Lipinski definition) is 6. The maximum Gasteiger partial charge on any atom is 0.290 e. The first-order valence-electron chi connectivity index (χ1n) is 11.1. The van der Waals surface area contributed by atoms with Crippen LogP contribution in [0.4, 0.5) is 0 Å². The predicted molar refractivity (Wildman–Crippen MR) is 123 cm³/mol. The normalized spacial score (nSPS) is 17.3. The Morgan fingerprint density at radius 3 is 2.30 bits per heavy atom. The van der Waals surface area contributed by atoms with Gasteiger partial charge in [-0.3, -0.25) is 14.5 Å². The summed E-state index contributed by atoms with van der Waals surface area (Å²) in [6, 6.07) is 13.7. The first-order valence-corrected chi connectivity index (χ1v) is 11.1. The van der Waals surface area contributed by atoms with Gasteiger partial charge < -0.3 is 18.8 Å². The summed E-state index contributed by atoms with van der Waals surface area (Å²) in [5, 5.41) is 10.8. The second-order valence-electron chi connectivity index (χ2n) is 8.09. The van der Waals surface area contributed by atoms with Crippen LogP contribution in [0.5, 0.6) is 0 Å². The quantitative estimate of drug-likeness (QED) is 0.471. The van der Waals surface area contributed by atoms with Gasteiger partial charge in [-0.1, -0.05) is 43.7 Å². The molecule has 0 radical (unpaired) electrons. The summed E-state index contributed by atoms with van der Waals surface area (Å²) < 4.78 is 10.9. The lowest BCUT2D eigenvalue weighted by molar-refractivity contribution is -0.130. The highest BCUT2D eigenvalue weighted by molar-refractivity contribution is 6.14. The van der Waals surface area contributed by atoms with Crippen LogP contribution in [0.25, 0.3) is 0 Å². The Bertz CT molecular complexity index is 1130. The molecule has 1 amide bonds. The predicted octanol–water partition coefficient (Wildman–Crippen LogP) is 4.84. The average molecular weight is 449 g/mol. The highest BCUT2D eigenvalue weighted by atomic mass is 16.3. The van der Waals surface area contributed by atoms with Gasteiger partial charge in [0.2, 0.25) is 5.78 Å². The van der Waals surface area contributed by atoms with Crippen molar-refractivity contribution in [3.63, 3.8) is 0 Å². The van der Waals surface area contributed by atoms with E-state index in [0.717, 1.165) is 24.2 Å². The Morgan fingerprint density at radius 2 is 1.73 bits per heavy atom. The number of Topliss-reactive ketones (excluding diaryl/α,β-unsaturated/α-hetero) is 1. The highest BCUT2D eigenvalue weighted by Crippen LogP contribution is 2.41. The number of carbonyl (C=O) groups excluding carboxylic acids is 2. The fraction of sp³-hybridized carbons (Fsp3) is 0.308. The lowest BCUT2D eigenvalue weighted by atomic mass is 9.98. The molecule has 7 nitrogen and oxygen atoms in total. The standard InChI is InChI=1S/C26H28N2O5/c1-4-27(5-2)19(18-12-10-17(3)11-13-18)16-28-23(20-8-6-14-32-20)22(25(30)26(28)31)24(29)21-9-7-15-33-21/h6-15,19,23,30H,4-5,16H2,1-3H3. The van der Waals surface area contributed by atoms with Gasteiger partial charge in [-0.15, -0.1) is 0 Å². The molecule has 4 rings (SSSR count). The van der Waals surface area contributed by atoms with Crippen molar-refractivity contribution in [2.24, 2.45) is 0 Å². The van der Waals surface area contributed by atoms with Crippen LogP contribution in [0.2, 0.25) is 0 Å². The smallest absolute Gasteiger partial charge is 0.290 e. The summed E-state index contributed by atoms with van der Waals surface area (Å²) in [5.41, 5.74) is 2.17. The largest absolute Gasteiger partial charge is 0.503 e. The van der Waals surface area contributed by atoms with E-state index >= 15 is 0 Å². The van der Waals surface area contributed by atoms with Gasteiger partial charge in [-0.2, -0.15) is 0 Å². The zero-order valence-electron chi connectivity index (χ0n) is 19.0. The van der Waals surface area contributed by atoms with Crippen LogP contribution in [-0.2, 0) is 4.79 Å². The number of hydrogen-bond donors (Lipinski definition) is 1. The molecule has 2 atom stereocenters. The third-order valence-electron chi connectivity index (χ3n) is 6.19. The van der Waals surface area contributed by atoms with Crippen LogP contribution in [-0.4, -0.2) is 46.2 Å². The summed E-state index contributed by atoms with van der Waals surface area (Å²) in [6.45, 7) is 8.00. The summed E-state index contributed by atoms with van der Waals surface area (Å²) in [4.78, 5) is 30.3. The molecule has 1 aromatic carbocycles. The maximum atomic E-state index is 13.3. The van der Waals surface area contributed by atoms with Gasteiger partial charge in [-0.05, 0) is 49.8 Å². The Hall–Kier alpha value is -3.58. The van der Waals surface area contributed by atoms with Gasteiger partial charge in [-0.25, -0.2) is 0 Å². The fourth-order valence-electron chi connectivity index (χ4n) is 4.43. The third-order valence-corrected chi connectivity index (χ3v) is 6.19. The number of furan rings is 2. The van der Waals surface area contributed by atoms with E-state index in [1.807, 2.05) is 19.1 Å². The number of benzene rings is 1. The molecule has 1 N–H and O–H groups in total. The molecule has 2 unspecified atom stereocenters. The zero-order valence-corrected chi connectivity index (χ0v) is 19.0. The molecule has 3 aromatic rings. The number of carbonyl (C=O) groups is 2. The molecule has 7 heteroatoms. The molecule has 33 heavy (non-hydrogen) atoms. The maximum absolute atomic E-state index is 13.3. The number of ketones is 1. The van der Waals surface area contributed by atoms with Gasteiger partial charge >= 0.3 is 0 Å². The average Bonchev–Trinajstić information content (AvgIpc) is 3.58. The van der Waals surface area contributed by atoms with Crippen molar-refractivity contribution in [3.8, 4) is 0 Å². The first kappa shape index (κ1) is 22.6. The molecule has 1 aliphatic rings. The van der Waals surface area contributed by atoms with E-state index in [4.69, 9.17) is 8.83 Å². The Morgan fingerprint density at radius 1 is 1.06 bits per heavy atom. The van der Waals surface area contributed by atoms with E-state index in [9.17, 15) is 14.7 Å². The number of amides is 1. The summed E-state index contributed by atoms with van der Waals surface area (Å²) in [5.74, 6) is -1.24. The molecule has 172 valence electrons. The Labute approximate surface area is 192 Å². The molecule has 3 heterocycles. The molecule has 1 aliphatic heterocycles. The molecule has 0 saturated carbocycles. The lowest BCUT2D eigenvalue weighted by Crippen LogP contribution is -2.41. The number of aryl methyl sites for hydroxylation is 1. The minimum absolute atomic E-state index is 0.0351. The van der Waals surface area contributed by atoms with E-state index < -0.39 is 23.5 Å². The monoisotopic (exact) mass is 448 g/mol. The second-order valence-corrected chi connectivity index (χ2v) is 8.09. The van der Waals surface area contributed by atoms with Crippen LogP contribution >= 0.6 is 0 Å². The van der Waals surface area contributed by atoms with E-state index in [0.29, 0.717) is 5.76 Å². The van der Waals surface area contributed by atoms with E-state index in [1.165, 1.54) is 23.5 Å². The summed E-state index contributed by atoms with van der Waals surface area (Å²) >= 11 is 0. The third kappa shape index (κ3) is 4.24. The molecule has 2 aromatic heterocycles. The molecular weight excluding hydrogens is 420 g/mol. The summed E-state index contributed by atoms with van der Waals surface area (Å²) in [7, 11) is 0. The van der Waals surface area contributed by atoms with Crippen LogP contribution in [0.15, 0.2) is 81.2 Å². The second kappa shape index (κ2) is 9.50. The van der Waals surface area contributed by atoms with Crippen molar-refractivity contribution in [2.45, 2.75) is 32.9 Å². The van der Waals surface area contributed by atoms with Crippen molar-refractivity contribution in [2.75, 3.05) is 19.6 Å². The van der Waals surface area contributed by atoms with Crippen molar-refractivity contribution in [1.29, 1.82) is 0 Å². The van der Waals surface area contributed by atoms with Crippen LogP contribution in [0, 0.1) is 6.92 Å². The van der Waals surface area contributed by atoms with E-state index in [1.54, 1.807) is 18.2 Å². The van der Waals surface area contributed by atoms with Gasteiger partial charge in [0.15, 0.2) is 11.5 Å². The van der Waals surface area contributed by atoms with Gasteiger partial charge in [0.25, 0.3) is 5.91 Å². The number of likely N-dealkylation sites (N-methyl/N-ethyl adjacent to an activating group) is 1. The van der Waals surface area contributed by atoms with Gasteiger partial charge in [0.05, 0.1) is 24.1 Å². The van der Waals surface area contributed by atoms with E-state index in [2.05, 4.69) is 30.9 Å². The molecule has 0 bridgehead atoms. The number of aliphatic hydroxyl groups is 1. The number of rotatable bonds is 9. The molecular formula is C26H28N2O5.